The van der Waals surface area contributed by atoms with E-state index in [0.29, 0.717) is 17.4 Å². The van der Waals surface area contributed by atoms with Crippen LogP contribution in [0.15, 0.2) is 23.8 Å². The molecular formula is C10H15NO. The number of hydrogen-bond acceptors (Lipinski definition) is 1. The summed E-state index contributed by atoms with van der Waals surface area (Å²) in [6.07, 6.45) is 6.76. The van der Waals surface area contributed by atoms with E-state index in [-0.39, 0.29) is 5.91 Å². The van der Waals surface area contributed by atoms with Crippen molar-refractivity contribution >= 4 is 5.91 Å². The fourth-order valence-electron chi connectivity index (χ4n) is 1.31. The van der Waals surface area contributed by atoms with Crippen molar-refractivity contribution < 1.29 is 4.79 Å². The van der Waals surface area contributed by atoms with Crippen LogP contribution in [-0.4, -0.2) is 5.91 Å². The highest BCUT2D eigenvalue weighted by molar-refractivity contribution is 5.94. The third-order valence-electron chi connectivity index (χ3n) is 2.27. The molecule has 1 amide bonds. The van der Waals surface area contributed by atoms with E-state index >= 15 is 0 Å². The molecule has 2 N–H and O–H groups in total. The van der Waals surface area contributed by atoms with E-state index < -0.39 is 0 Å². The van der Waals surface area contributed by atoms with E-state index in [9.17, 15) is 4.79 Å². The maximum Gasteiger partial charge on any atom is 0.248 e. The van der Waals surface area contributed by atoms with Crippen LogP contribution >= 0.6 is 0 Å². The minimum atomic E-state index is -0.326. The Morgan fingerprint density at radius 2 is 2.33 bits per heavy atom. The fraction of sp³-hybridized carbons (Fsp3) is 0.500. The number of carbonyl (C=O) groups is 1. The molecule has 0 heterocycles. The van der Waals surface area contributed by atoms with Gasteiger partial charge in [0.25, 0.3) is 0 Å². The van der Waals surface area contributed by atoms with Crippen molar-refractivity contribution in [3.8, 4) is 0 Å². The molecule has 1 unspecified atom stereocenters. The second-order valence-electron chi connectivity index (χ2n) is 3.53. The average molecular weight is 165 g/mol. The van der Waals surface area contributed by atoms with Gasteiger partial charge in [0.2, 0.25) is 5.91 Å². The first-order valence-corrected chi connectivity index (χ1v) is 4.29. The van der Waals surface area contributed by atoms with E-state index in [0.717, 1.165) is 6.42 Å². The highest BCUT2D eigenvalue weighted by atomic mass is 16.1. The van der Waals surface area contributed by atoms with Crippen molar-refractivity contribution in [2.45, 2.75) is 20.3 Å². The molecule has 0 saturated heterocycles. The monoisotopic (exact) mass is 165 g/mol. The Kier molecular flexibility index (Phi) is 2.69. The Morgan fingerprint density at radius 3 is 2.67 bits per heavy atom. The SMILES string of the molecule is CC(C)C1C=CC(C(N)=O)=CC1. The fourth-order valence-corrected chi connectivity index (χ4v) is 1.31. The molecule has 12 heavy (non-hydrogen) atoms. The quantitative estimate of drug-likeness (QED) is 0.664. The Bertz CT molecular complexity index is 238. The van der Waals surface area contributed by atoms with Crippen molar-refractivity contribution in [2.75, 3.05) is 0 Å². The van der Waals surface area contributed by atoms with Gasteiger partial charge in [-0.05, 0) is 18.3 Å². The van der Waals surface area contributed by atoms with Crippen molar-refractivity contribution in [2.24, 2.45) is 17.6 Å². The summed E-state index contributed by atoms with van der Waals surface area (Å²) in [6, 6.07) is 0. The highest BCUT2D eigenvalue weighted by Crippen LogP contribution is 2.22. The van der Waals surface area contributed by atoms with Crippen LogP contribution in [0.5, 0.6) is 0 Å². The summed E-state index contributed by atoms with van der Waals surface area (Å²) in [5.74, 6) is 0.869. The lowest BCUT2D eigenvalue weighted by atomic mass is 9.87. The predicted octanol–water partition coefficient (Wildman–Crippen LogP) is 1.63. The van der Waals surface area contributed by atoms with Gasteiger partial charge in [0.05, 0.1) is 0 Å². The first kappa shape index (κ1) is 9.04. The molecule has 0 fully saturated rings. The molecule has 1 aliphatic carbocycles. The smallest absolute Gasteiger partial charge is 0.248 e. The van der Waals surface area contributed by atoms with Gasteiger partial charge in [0.15, 0.2) is 0 Å². The van der Waals surface area contributed by atoms with Crippen LogP contribution in [0.3, 0.4) is 0 Å². The molecule has 0 saturated carbocycles. The van der Waals surface area contributed by atoms with Crippen LogP contribution in [0, 0.1) is 11.8 Å². The van der Waals surface area contributed by atoms with Crippen LogP contribution in [0.1, 0.15) is 20.3 Å². The Labute approximate surface area is 73.1 Å². The normalized spacial score (nSPS) is 22.6. The zero-order valence-corrected chi connectivity index (χ0v) is 7.58. The molecular weight excluding hydrogens is 150 g/mol. The van der Waals surface area contributed by atoms with Crippen LogP contribution in [0.4, 0.5) is 0 Å². The van der Waals surface area contributed by atoms with Gasteiger partial charge in [0, 0.05) is 5.57 Å². The Hall–Kier alpha value is -1.05. The number of primary amides is 1. The largest absolute Gasteiger partial charge is 0.366 e. The minimum absolute atomic E-state index is 0.326. The Balaban J connectivity index is 2.61. The predicted molar refractivity (Wildman–Crippen MR) is 49.4 cm³/mol. The van der Waals surface area contributed by atoms with E-state index in [4.69, 9.17) is 5.73 Å². The van der Waals surface area contributed by atoms with Gasteiger partial charge >= 0.3 is 0 Å². The van der Waals surface area contributed by atoms with Gasteiger partial charge < -0.3 is 5.73 Å². The van der Waals surface area contributed by atoms with Gasteiger partial charge in [-0.2, -0.15) is 0 Å². The van der Waals surface area contributed by atoms with Gasteiger partial charge in [-0.25, -0.2) is 0 Å². The zero-order valence-electron chi connectivity index (χ0n) is 7.58. The molecule has 1 rings (SSSR count). The second kappa shape index (κ2) is 3.57. The summed E-state index contributed by atoms with van der Waals surface area (Å²) in [7, 11) is 0. The summed E-state index contributed by atoms with van der Waals surface area (Å²) >= 11 is 0. The average Bonchev–Trinajstić information content (AvgIpc) is 2.04. The van der Waals surface area contributed by atoms with E-state index in [1.807, 2.05) is 12.2 Å². The number of allylic oxidation sites excluding steroid dienone is 2. The van der Waals surface area contributed by atoms with Crippen molar-refractivity contribution in [1.82, 2.24) is 0 Å². The molecule has 2 heteroatoms. The lowest BCUT2D eigenvalue weighted by Gasteiger charge is -2.18. The third-order valence-corrected chi connectivity index (χ3v) is 2.27. The van der Waals surface area contributed by atoms with Crippen LogP contribution in [0.25, 0.3) is 0 Å². The van der Waals surface area contributed by atoms with Gasteiger partial charge in [-0.15, -0.1) is 0 Å². The number of amides is 1. The summed E-state index contributed by atoms with van der Waals surface area (Å²) < 4.78 is 0. The number of hydrogen-bond donors (Lipinski definition) is 1. The molecule has 2 nitrogen and oxygen atoms in total. The molecule has 0 radical (unpaired) electrons. The molecule has 0 aromatic heterocycles. The molecule has 0 aromatic rings. The summed E-state index contributed by atoms with van der Waals surface area (Å²) in [4.78, 5) is 10.7. The van der Waals surface area contributed by atoms with Gasteiger partial charge in [0.1, 0.15) is 0 Å². The van der Waals surface area contributed by atoms with Crippen LogP contribution in [-0.2, 0) is 4.79 Å². The number of rotatable bonds is 2. The van der Waals surface area contributed by atoms with Gasteiger partial charge in [-0.1, -0.05) is 32.1 Å². The molecule has 1 atom stereocenters. The maximum atomic E-state index is 10.7. The summed E-state index contributed by atoms with van der Waals surface area (Å²) in [5, 5.41) is 0. The second-order valence-corrected chi connectivity index (χ2v) is 3.53. The van der Waals surface area contributed by atoms with Gasteiger partial charge in [-0.3, -0.25) is 4.79 Å². The van der Waals surface area contributed by atoms with Crippen LogP contribution in [0.2, 0.25) is 0 Å². The van der Waals surface area contributed by atoms with E-state index in [1.165, 1.54) is 0 Å². The summed E-state index contributed by atoms with van der Waals surface area (Å²) in [6.45, 7) is 4.36. The molecule has 1 aliphatic rings. The van der Waals surface area contributed by atoms with Crippen molar-refractivity contribution in [3.05, 3.63) is 23.8 Å². The maximum absolute atomic E-state index is 10.7. The van der Waals surface area contributed by atoms with E-state index in [1.54, 1.807) is 0 Å². The molecule has 66 valence electrons. The van der Waals surface area contributed by atoms with Crippen molar-refractivity contribution in [1.29, 1.82) is 0 Å². The van der Waals surface area contributed by atoms with Crippen molar-refractivity contribution in [3.63, 3.8) is 0 Å². The minimum Gasteiger partial charge on any atom is -0.366 e. The standard InChI is InChI=1S/C10H15NO/c1-7(2)8-3-5-9(6-4-8)10(11)12/h3,5-8H,4H2,1-2H3,(H2,11,12). The molecule has 0 bridgehead atoms. The summed E-state index contributed by atoms with van der Waals surface area (Å²) in [5.41, 5.74) is 5.78. The topological polar surface area (TPSA) is 43.1 Å². The third kappa shape index (κ3) is 1.97. The molecule has 0 aliphatic heterocycles. The Morgan fingerprint density at radius 1 is 1.67 bits per heavy atom. The number of nitrogens with two attached hydrogens (primary N) is 1. The lowest BCUT2D eigenvalue weighted by molar-refractivity contribution is -0.114. The van der Waals surface area contributed by atoms with Crippen LogP contribution < -0.4 is 5.73 Å². The lowest BCUT2D eigenvalue weighted by Crippen LogP contribution is -2.16. The molecule has 0 spiro atoms. The van der Waals surface area contributed by atoms with E-state index in [2.05, 4.69) is 19.9 Å². The first-order chi connectivity index (χ1) is 5.61. The highest BCUT2D eigenvalue weighted by Gasteiger charge is 2.13. The zero-order chi connectivity index (χ0) is 9.14. The first-order valence-electron chi connectivity index (χ1n) is 4.29. The molecule has 0 aromatic carbocycles. The number of carbonyl (C=O) groups excluding carboxylic acids is 1.